The molecule has 26 heavy (non-hydrogen) atoms. The monoisotopic (exact) mass is 410 g/mol. The predicted molar refractivity (Wildman–Crippen MR) is 117 cm³/mol. The summed E-state index contributed by atoms with van der Waals surface area (Å²) in [6.07, 6.45) is 7.98. The first kappa shape index (κ1) is 30.8. The third-order valence-electron chi connectivity index (χ3n) is 3.47. The van der Waals surface area contributed by atoms with Crippen LogP contribution in [0.15, 0.2) is 22.1 Å². The molecule has 1 aliphatic carbocycles. The third kappa shape index (κ3) is 24.1. The fourth-order valence-electron chi connectivity index (χ4n) is 1.37. The van der Waals surface area contributed by atoms with Crippen LogP contribution in [0, 0.1) is 17.8 Å². The van der Waals surface area contributed by atoms with Crippen LogP contribution in [0.25, 0.3) is 0 Å². The van der Waals surface area contributed by atoms with Crippen LogP contribution in [0.2, 0.25) is 26.1 Å². The first-order chi connectivity index (χ1) is 11.4. The van der Waals surface area contributed by atoms with Crippen molar-refractivity contribution in [2.75, 3.05) is 19.8 Å². The van der Waals surface area contributed by atoms with Gasteiger partial charge in [0.25, 0.3) is 0 Å². The maximum absolute atomic E-state index is 8.14. The molecule has 4 heteroatoms. The Morgan fingerprint density at radius 1 is 0.731 bits per heavy atom. The Hall–Kier alpha value is 0.0743. The Morgan fingerprint density at radius 2 is 1.00 bits per heavy atom. The Bertz CT molecular complexity index is 379. The molecule has 0 heterocycles. The van der Waals surface area contributed by atoms with E-state index in [1.807, 2.05) is 41.5 Å². The van der Waals surface area contributed by atoms with Gasteiger partial charge in [-0.3, -0.25) is 0 Å². The van der Waals surface area contributed by atoms with E-state index in [1.165, 1.54) is 6.42 Å². The van der Waals surface area contributed by atoms with Gasteiger partial charge in [-0.2, -0.15) is 0 Å². The van der Waals surface area contributed by atoms with Crippen molar-refractivity contribution in [3.05, 3.63) is 22.1 Å². The minimum absolute atomic E-state index is 0.306. The van der Waals surface area contributed by atoms with Crippen LogP contribution in [0.1, 0.15) is 48.0 Å². The fourth-order valence-corrected chi connectivity index (χ4v) is 4.60. The molecule has 0 aromatic carbocycles. The van der Waals surface area contributed by atoms with Crippen LogP contribution in [0.5, 0.6) is 0 Å². The molecule has 0 bridgehead atoms. The van der Waals surface area contributed by atoms with Gasteiger partial charge in [-0.15, -0.1) is 0 Å². The summed E-state index contributed by atoms with van der Waals surface area (Å²) < 4.78 is 1.70. The van der Waals surface area contributed by atoms with Gasteiger partial charge in [-0.25, -0.2) is 0 Å². The molecule has 0 aromatic heterocycles. The van der Waals surface area contributed by atoms with Crippen LogP contribution in [-0.2, 0) is 14.0 Å². The van der Waals surface area contributed by atoms with Crippen molar-refractivity contribution in [3.63, 3.8) is 0 Å². The number of hydrogen-bond acceptors (Lipinski definition) is 3. The molecule has 0 aromatic rings. The average Bonchev–Trinajstić information content (AvgIpc) is 3.02. The van der Waals surface area contributed by atoms with E-state index in [1.54, 1.807) is 3.88 Å². The maximum atomic E-state index is 8.14. The van der Waals surface area contributed by atoms with Crippen molar-refractivity contribution >= 4 is 0 Å². The summed E-state index contributed by atoms with van der Waals surface area (Å²) in [4.78, 5) is 0. The molecule has 0 spiro atoms. The van der Waals surface area contributed by atoms with Crippen molar-refractivity contribution < 1.29 is 29.3 Å². The molecule has 0 saturated heterocycles. The van der Waals surface area contributed by atoms with Gasteiger partial charge in [-0.05, 0) is 17.8 Å². The second kappa shape index (κ2) is 12.5. The SMILES string of the molecule is CC(C)CO.CC(C)CO.CC(C)CO.[CH3][Ti]([CH3])([CH3])([CH3])([CH3])[C]1=CC=CC1. The molecule has 160 valence electrons. The second-order valence-corrected chi connectivity index (χ2v) is 32.8. The Labute approximate surface area is 163 Å². The van der Waals surface area contributed by atoms with E-state index in [0.29, 0.717) is 37.6 Å². The van der Waals surface area contributed by atoms with Gasteiger partial charge in [0.05, 0.1) is 0 Å². The van der Waals surface area contributed by atoms with Gasteiger partial charge in [0.2, 0.25) is 0 Å². The topological polar surface area (TPSA) is 60.7 Å². The normalized spacial score (nSPS) is 15.8. The van der Waals surface area contributed by atoms with Gasteiger partial charge in [0, 0.05) is 19.8 Å². The van der Waals surface area contributed by atoms with E-state index in [0.717, 1.165) is 0 Å². The van der Waals surface area contributed by atoms with Crippen LogP contribution in [0.4, 0.5) is 0 Å². The summed E-state index contributed by atoms with van der Waals surface area (Å²) in [5, 5.41) is 36.9. The first-order valence-electron chi connectivity index (χ1n) is 10.1. The van der Waals surface area contributed by atoms with Gasteiger partial charge >= 0.3 is 68.7 Å². The van der Waals surface area contributed by atoms with Gasteiger partial charge < -0.3 is 15.3 Å². The second-order valence-electron chi connectivity index (χ2n) is 12.3. The van der Waals surface area contributed by atoms with E-state index in [-0.39, 0.29) is 0 Å². The number of hydrogen-bond donors (Lipinski definition) is 3. The number of aliphatic hydroxyl groups excluding tert-OH is 3. The van der Waals surface area contributed by atoms with Gasteiger partial charge in [0.1, 0.15) is 0 Å². The van der Waals surface area contributed by atoms with Crippen LogP contribution in [-0.4, -0.2) is 35.1 Å². The molecule has 0 atom stereocenters. The summed E-state index contributed by atoms with van der Waals surface area (Å²) in [5.41, 5.74) is 0. The molecule has 1 aliphatic rings. The zero-order valence-corrected chi connectivity index (χ0v) is 21.2. The van der Waals surface area contributed by atoms with Gasteiger partial charge in [-0.1, -0.05) is 41.5 Å². The Balaban J connectivity index is -0.000000300. The Morgan fingerprint density at radius 3 is 1.08 bits per heavy atom. The van der Waals surface area contributed by atoms with Crippen LogP contribution in [0.3, 0.4) is 0 Å². The molecular weight excluding hydrogens is 360 g/mol. The zero-order chi connectivity index (χ0) is 21.7. The van der Waals surface area contributed by atoms with Crippen LogP contribution >= 0.6 is 0 Å². The molecular formula is C22H50O3Ti. The summed E-state index contributed by atoms with van der Waals surface area (Å²) in [7, 11) is 0. The number of aliphatic hydroxyl groups is 3. The standard InChI is InChI=1S/C5H5.3C4H10O.5CH3.Ti/c1-2-4-5-3-1;3*1-4(2)3-5;;;;;;/h1-3H,4H2;3*4-5H,3H2,1-2H3;5*1H3;. The fraction of sp³-hybridized carbons (Fsp3) is 0.818. The quantitative estimate of drug-likeness (QED) is 0.484. The van der Waals surface area contributed by atoms with Crippen molar-refractivity contribution in [1.29, 1.82) is 0 Å². The number of rotatable bonds is 4. The summed E-state index contributed by atoms with van der Waals surface area (Å²) in [6, 6.07) is 0. The van der Waals surface area contributed by atoms with Gasteiger partial charge in [0.15, 0.2) is 0 Å². The van der Waals surface area contributed by atoms with Crippen molar-refractivity contribution in [1.82, 2.24) is 0 Å². The molecule has 0 radical (unpaired) electrons. The third-order valence-corrected chi connectivity index (χ3v) is 9.07. The molecule has 0 unspecified atom stereocenters. The average molecular weight is 411 g/mol. The van der Waals surface area contributed by atoms with Crippen molar-refractivity contribution in [3.8, 4) is 0 Å². The van der Waals surface area contributed by atoms with E-state index < -0.39 is 14.0 Å². The molecule has 3 nitrogen and oxygen atoms in total. The molecule has 0 fully saturated rings. The number of allylic oxidation sites excluding steroid dienone is 4. The van der Waals surface area contributed by atoms with Crippen molar-refractivity contribution in [2.24, 2.45) is 17.8 Å². The summed E-state index contributed by atoms with van der Waals surface area (Å²) in [5.74, 6) is 1.32. The predicted octanol–water partition coefficient (Wildman–Crippen LogP) is 6.20. The first-order valence-corrected chi connectivity index (χ1v) is 18.7. The zero-order valence-electron chi connectivity index (χ0n) is 19.6. The Kier molecular flexibility index (Phi) is 14.8. The van der Waals surface area contributed by atoms with E-state index in [9.17, 15) is 0 Å². The molecule has 0 saturated carbocycles. The van der Waals surface area contributed by atoms with Crippen LogP contribution < -0.4 is 0 Å². The molecule has 0 amide bonds. The molecule has 0 aliphatic heterocycles. The molecule has 3 N–H and O–H groups in total. The molecule has 1 rings (SSSR count). The van der Waals surface area contributed by atoms with E-state index >= 15 is 0 Å². The minimum atomic E-state index is -2.61. The van der Waals surface area contributed by atoms with E-state index in [4.69, 9.17) is 15.3 Å². The summed E-state index contributed by atoms with van der Waals surface area (Å²) >= 11 is -2.61. The van der Waals surface area contributed by atoms with Crippen molar-refractivity contribution in [2.45, 2.75) is 74.1 Å². The summed E-state index contributed by atoms with van der Waals surface area (Å²) in [6.45, 7) is 12.7. The van der Waals surface area contributed by atoms with E-state index in [2.05, 4.69) is 44.4 Å².